The van der Waals surface area contributed by atoms with Crippen LogP contribution in [0.25, 0.3) is 0 Å². The lowest BCUT2D eigenvalue weighted by Crippen LogP contribution is -2.50. The van der Waals surface area contributed by atoms with E-state index in [1.165, 1.54) is 44.9 Å². The van der Waals surface area contributed by atoms with Crippen molar-refractivity contribution in [2.75, 3.05) is 0 Å². The first-order valence-electron chi connectivity index (χ1n) is 9.08. The molecule has 2 nitrogen and oxygen atoms in total. The van der Waals surface area contributed by atoms with E-state index in [9.17, 15) is 0 Å². The molecule has 0 amide bonds. The molecule has 4 saturated carbocycles. The molecule has 116 valence electrons. The van der Waals surface area contributed by atoms with E-state index in [0.29, 0.717) is 11.5 Å². The van der Waals surface area contributed by atoms with Gasteiger partial charge in [-0.3, -0.25) is 11.3 Å². The zero-order valence-corrected chi connectivity index (χ0v) is 13.5. The molecule has 0 saturated heterocycles. The molecule has 0 aliphatic heterocycles. The lowest BCUT2D eigenvalue weighted by molar-refractivity contribution is -0.0630. The van der Waals surface area contributed by atoms with E-state index in [0.717, 1.165) is 23.7 Å². The number of rotatable bonds is 7. The number of hydrogen-bond donors (Lipinski definition) is 2. The van der Waals surface area contributed by atoms with Crippen molar-refractivity contribution in [2.24, 2.45) is 34.9 Å². The highest BCUT2D eigenvalue weighted by molar-refractivity contribution is 5.02. The fourth-order valence-corrected chi connectivity index (χ4v) is 6.37. The number of hydrazine groups is 1. The van der Waals surface area contributed by atoms with Crippen LogP contribution in [0.4, 0.5) is 0 Å². The van der Waals surface area contributed by atoms with E-state index in [1.807, 2.05) is 0 Å². The van der Waals surface area contributed by atoms with Crippen LogP contribution in [0.1, 0.15) is 78.1 Å². The smallest absolute Gasteiger partial charge is 0.0218 e. The SMILES string of the molecule is CCCC(C)CC(CC12CC3CC(CC(C3)C1)C2)NN. The van der Waals surface area contributed by atoms with Crippen LogP contribution in [-0.4, -0.2) is 6.04 Å². The van der Waals surface area contributed by atoms with Gasteiger partial charge >= 0.3 is 0 Å². The van der Waals surface area contributed by atoms with Crippen LogP contribution in [-0.2, 0) is 0 Å². The molecule has 2 heteroatoms. The fourth-order valence-electron chi connectivity index (χ4n) is 6.37. The van der Waals surface area contributed by atoms with E-state index in [1.54, 1.807) is 19.3 Å². The highest BCUT2D eigenvalue weighted by Crippen LogP contribution is 2.61. The zero-order chi connectivity index (χ0) is 14.2. The van der Waals surface area contributed by atoms with E-state index in [2.05, 4.69) is 19.3 Å². The Bertz CT molecular complexity index is 290. The van der Waals surface area contributed by atoms with Crippen molar-refractivity contribution in [3.8, 4) is 0 Å². The molecule has 2 atom stereocenters. The minimum Gasteiger partial charge on any atom is -0.271 e. The largest absolute Gasteiger partial charge is 0.271 e. The summed E-state index contributed by atoms with van der Waals surface area (Å²) in [6, 6.07) is 0.549. The second-order valence-corrected chi connectivity index (χ2v) is 8.61. The molecule has 0 heterocycles. The molecule has 4 aliphatic carbocycles. The van der Waals surface area contributed by atoms with Crippen LogP contribution in [0.5, 0.6) is 0 Å². The average Bonchev–Trinajstić information content (AvgIpc) is 2.36. The van der Waals surface area contributed by atoms with Crippen LogP contribution in [0.3, 0.4) is 0 Å². The Hall–Kier alpha value is -0.0800. The molecule has 4 rings (SSSR count). The second kappa shape index (κ2) is 5.96. The van der Waals surface area contributed by atoms with Gasteiger partial charge in [0.2, 0.25) is 0 Å². The molecule has 0 aromatic carbocycles. The van der Waals surface area contributed by atoms with Crippen LogP contribution in [0.15, 0.2) is 0 Å². The van der Waals surface area contributed by atoms with E-state index >= 15 is 0 Å². The molecule has 0 aromatic rings. The molecule has 0 spiro atoms. The Morgan fingerprint density at radius 2 is 1.65 bits per heavy atom. The Morgan fingerprint density at radius 1 is 1.10 bits per heavy atom. The van der Waals surface area contributed by atoms with Crippen molar-refractivity contribution in [2.45, 2.75) is 84.1 Å². The Morgan fingerprint density at radius 3 is 2.10 bits per heavy atom. The Balaban J connectivity index is 1.60. The third kappa shape index (κ3) is 3.06. The van der Waals surface area contributed by atoms with Crippen LogP contribution >= 0.6 is 0 Å². The van der Waals surface area contributed by atoms with Crippen molar-refractivity contribution in [1.29, 1.82) is 0 Å². The average molecular weight is 278 g/mol. The maximum Gasteiger partial charge on any atom is 0.0218 e. The fraction of sp³-hybridized carbons (Fsp3) is 1.00. The summed E-state index contributed by atoms with van der Waals surface area (Å²) in [5.41, 5.74) is 3.83. The third-order valence-electron chi connectivity index (χ3n) is 6.55. The highest BCUT2D eigenvalue weighted by Gasteiger charge is 2.51. The molecular weight excluding hydrogens is 244 g/mol. The van der Waals surface area contributed by atoms with Crippen LogP contribution in [0, 0.1) is 29.1 Å². The first-order valence-corrected chi connectivity index (χ1v) is 9.08. The van der Waals surface area contributed by atoms with Gasteiger partial charge in [0.05, 0.1) is 0 Å². The minimum atomic E-state index is 0.549. The van der Waals surface area contributed by atoms with E-state index < -0.39 is 0 Å². The van der Waals surface area contributed by atoms with Gasteiger partial charge in [-0.15, -0.1) is 0 Å². The molecule has 4 fully saturated rings. The van der Waals surface area contributed by atoms with Crippen molar-refractivity contribution in [1.82, 2.24) is 5.43 Å². The topological polar surface area (TPSA) is 38.0 Å². The standard InChI is InChI=1S/C18H34N2/c1-3-4-13(2)5-17(20-19)12-18-9-14-6-15(10-18)8-16(7-14)11-18/h13-17,20H,3-12,19H2,1-2H3. The predicted molar refractivity (Wildman–Crippen MR) is 85.0 cm³/mol. The van der Waals surface area contributed by atoms with Gasteiger partial charge in [-0.1, -0.05) is 26.7 Å². The first kappa shape index (κ1) is 14.8. The van der Waals surface area contributed by atoms with Gasteiger partial charge in [0.1, 0.15) is 0 Å². The quantitative estimate of drug-likeness (QED) is 0.539. The summed E-state index contributed by atoms with van der Waals surface area (Å²) in [5.74, 6) is 9.90. The molecule has 2 unspecified atom stereocenters. The van der Waals surface area contributed by atoms with Gasteiger partial charge in [0.25, 0.3) is 0 Å². The van der Waals surface area contributed by atoms with Crippen LogP contribution in [0.2, 0.25) is 0 Å². The van der Waals surface area contributed by atoms with Gasteiger partial charge in [-0.05, 0) is 80.5 Å². The normalized spacial score (nSPS) is 41.9. The molecule has 4 bridgehead atoms. The lowest BCUT2D eigenvalue weighted by atomic mass is 9.48. The van der Waals surface area contributed by atoms with Gasteiger partial charge in [0.15, 0.2) is 0 Å². The Kier molecular flexibility index (Phi) is 4.42. The van der Waals surface area contributed by atoms with Crippen molar-refractivity contribution >= 4 is 0 Å². The van der Waals surface area contributed by atoms with Crippen molar-refractivity contribution < 1.29 is 0 Å². The first-order chi connectivity index (χ1) is 9.62. The van der Waals surface area contributed by atoms with Gasteiger partial charge in [-0.25, -0.2) is 0 Å². The maximum atomic E-state index is 5.90. The summed E-state index contributed by atoms with van der Waals surface area (Å²) in [5, 5.41) is 0. The summed E-state index contributed by atoms with van der Waals surface area (Å²) in [6.07, 6.45) is 14.4. The number of nitrogens with two attached hydrogens (primary N) is 1. The summed E-state index contributed by atoms with van der Waals surface area (Å²) in [6.45, 7) is 4.69. The maximum absolute atomic E-state index is 5.90. The van der Waals surface area contributed by atoms with Crippen molar-refractivity contribution in [3.63, 3.8) is 0 Å². The van der Waals surface area contributed by atoms with Gasteiger partial charge < -0.3 is 0 Å². The number of hydrogen-bond acceptors (Lipinski definition) is 2. The Labute approximate surface area is 125 Å². The summed E-state index contributed by atoms with van der Waals surface area (Å²) in [4.78, 5) is 0. The summed E-state index contributed by atoms with van der Waals surface area (Å²) < 4.78 is 0. The molecule has 20 heavy (non-hydrogen) atoms. The molecule has 3 N–H and O–H groups in total. The van der Waals surface area contributed by atoms with Crippen molar-refractivity contribution in [3.05, 3.63) is 0 Å². The lowest BCUT2D eigenvalue weighted by Gasteiger charge is -2.57. The zero-order valence-electron chi connectivity index (χ0n) is 13.5. The van der Waals surface area contributed by atoms with Gasteiger partial charge in [-0.2, -0.15) is 0 Å². The second-order valence-electron chi connectivity index (χ2n) is 8.61. The minimum absolute atomic E-state index is 0.549. The molecular formula is C18H34N2. The predicted octanol–water partition coefficient (Wildman–Crippen LogP) is 4.25. The monoisotopic (exact) mass is 278 g/mol. The highest BCUT2D eigenvalue weighted by atomic mass is 15.2. The third-order valence-corrected chi connectivity index (χ3v) is 6.55. The van der Waals surface area contributed by atoms with Gasteiger partial charge in [0, 0.05) is 6.04 Å². The number of nitrogens with one attached hydrogen (secondary N) is 1. The molecule has 0 radical (unpaired) electrons. The van der Waals surface area contributed by atoms with E-state index in [4.69, 9.17) is 5.84 Å². The molecule has 0 aromatic heterocycles. The van der Waals surface area contributed by atoms with E-state index in [-0.39, 0.29) is 0 Å². The van der Waals surface area contributed by atoms with Crippen LogP contribution < -0.4 is 11.3 Å². The molecule has 4 aliphatic rings. The summed E-state index contributed by atoms with van der Waals surface area (Å²) in [7, 11) is 0. The summed E-state index contributed by atoms with van der Waals surface area (Å²) >= 11 is 0.